The molecule has 0 heterocycles. The van der Waals surface area contributed by atoms with Crippen molar-refractivity contribution in [1.82, 2.24) is 10.6 Å². The van der Waals surface area contributed by atoms with Crippen molar-refractivity contribution in [2.45, 2.75) is 6.42 Å². The molecule has 1 aromatic rings. The second-order valence-electron chi connectivity index (χ2n) is 3.82. The fourth-order valence-electron chi connectivity index (χ4n) is 1.45. The molecule has 6 nitrogen and oxygen atoms in total. The molecule has 1 aromatic carbocycles. The third-order valence-corrected chi connectivity index (χ3v) is 2.46. The molecular weight excluding hydrogens is 248 g/mol. The predicted octanol–water partition coefficient (Wildman–Crippen LogP) is 0.489. The van der Waals surface area contributed by atoms with E-state index >= 15 is 0 Å². The highest BCUT2D eigenvalue weighted by atomic mass is 16.5. The van der Waals surface area contributed by atoms with Gasteiger partial charge in [-0.3, -0.25) is 4.79 Å². The highest BCUT2D eigenvalue weighted by Crippen LogP contribution is 2.17. The smallest absolute Gasteiger partial charge is 0.339 e. The molecule has 19 heavy (non-hydrogen) atoms. The van der Waals surface area contributed by atoms with Gasteiger partial charge in [-0.1, -0.05) is 12.1 Å². The molecule has 0 spiro atoms. The van der Waals surface area contributed by atoms with E-state index in [1.807, 2.05) is 0 Å². The molecule has 3 N–H and O–H groups in total. The fraction of sp³-hybridized carbons (Fsp3) is 0.385. The number of carbonyl (C=O) groups excluding carboxylic acids is 1. The number of ether oxygens (including phenoxy) is 1. The summed E-state index contributed by atoms with van der Waals surface area (Å²) in [5, 5.41) is 14.5. The molecule has 1 rings (SSSR count). The van der Waals surface area contributed by atoms with Gasteiger partial charge in [-0.05, 0) is 12.1 Å². The van der Waals surface area contributed by atoms with Crippen LogP contribution in [-0.2, 0) is 4.79 Å². The van der Waals surface area contributed by atoms with Crippen LogP contribution in [0.1, 0.15) is 16.8 Å². The van der Waals surface area contributed by atoms with Gasteiger partial charge in [0, 0.05) is 26.6 Å². The monoisotopic (exact) mass is 266 g/mol. The summed E-state index contributed by atoms with van der Waals surface area (Å²) in [6.07, 6.45) is 0.405. The van der Waals surface area contributed by atoms with Crippen molar-refractivity contribution in [3.05, 3.63) is 29.8 Å². The molecule has 0 unspecified atom stereocenters. The average molecular weight is 266 g/mol. The molecule has 6 heteroatoms. The Morgan fingerprint density at radius 2 is 2.00 bits per heavy atom. The molecule has 0 aliphatic rings. The van der Waals surface area contributed by atoms with Crippen LogP contribution in [-0.4, -0.2) is 43.7 Å². The maximum absolute atomic E-state index is 10.9. The minimum absolute atomic E-state index is 0.0235. The van der Waals surface area contributed by atoms with Crippen LogP contribution in [0.2, 0.25) is 0 Å². The Morgan fingerprint density at radius 3 is 2.68 bits per heavy atom. The third-order valence-electron chi connectivity index (χ3n) is 2.46. The molecule has 0 bridgehead atoms. The van der Waals surface area contributed by atoms with Crippen LogP contribution in [0.15, 0.2) is 24.3 Å². The van der Waals surface area contributed by atoms with E-state index in [-0.39, 0.29) is 11.5 Å². The Hall–Kier alpha value is -2.08. The fourth-order valence-corrected chi connectivity index (χ4v) is 1.45. The van der Waals surface area contributed by atoms with Crippen molar-refractivity contribution in [1.29, 1.82) is 0 Å². The summed E-state index contributed by atoms with van der Waals surface area (Å²) < 4.78 is 5.39. The maximum Gasteiger partial charge on any atom is 0.339 e. The summed E-state index contributed by atoms with van der Waals surface area (Å²) in [5.74, 6) is -0.684. The lowest BCUT2D eigenvalue weighted by Crippen LogP contribution is -2.27. The molecule has 0 fully saturated rings. The largest absolute Gasteiger partial charge is 0.491 e. The number of para-hydroxylation sites is 1. The Bertz CT molecular complexity index is 434. The number of amides is 1. The van der Waals surface area contributed by atoms with Crippen molar-refractivity contribution in [3.8, 4) is 5.75 Å². The standard InChI is InChI=1S/C13H18N2O4/c1-14-12(16)6-7-15-8-9-19-11-5-3-2-4-10(11)13(17)18/h2-5,15H,6-9H2,1H3,(H,14,16)(H,17,18). The lowest BCUT2D eigenvalue weighted by atomic mass is 10.2. The van der Waals surface area contributed by atoms with E-state index in [2.05, 4.69) is 10.6 Å². The number of hydrogen-bond acceptors (Lipinski definition) is 4. The zero-order chi connectivity index (χ0) is 14.1. The lowest BCUT2D eigenvalue weighted by Gasteiger charge is -2.09. The first-order valence-corrected chi connectivity index (χ1v) is 6.01. The number of benzene rings is 1. The molecule has 0 aliphatic carbocycles. The SMILES string of the molecule is CNC(=O)CCNCCOc1ccccc1C(=O)O. The van der Waals surface area contributed by atoms with E-state index in [1.54, 1.807) is 25.2 Å². The van der Waals surface area contributed by atoms with Crippen LogP contribution in [0, 0.1) is 0 Å². The summed E-state index contributed by atoms with van der Waals surface area (Å²) in [7, 11) is 1.59. The van der Waals surface area contributed by atoms with Crippen molar-refractivity contribution >= 4 is 11.9 Å². The Balaban J connectivity index is 2.26. The third kappa shape index (κ3) is 5.39. The molecule has 0 saturated heterocycles. The van der Waals surface area contributed by atoms with Gasteiger partial charge in [-0.25, -0.2) is 4.79 Å². The van der Waals surface area contributed by atoms with Crippen molar-refractivity contribution in [2.75, 3.05) is 26.7 Å². The summed E-state index contributed by atoms with van der Waals surface area (Å²) in [5.41, 5.74) is 0.146. The van der Waals surface area contributed by atoms with Gasteiger partial charge in [0.2, 0.25) is 5.91 Å². The molecule has 104 valence electrons. The summed E-state index contributed by atoms with van der Waals surface area (Å²) in [4.78, 5) is 21.9. The molecular formula is C13H18N2O4. The van der Waals surface area contributed by atoms with Crippen LogP contribution < -0.4 is 15.4 Å². The first-order valence-electron chi connectivity index (χ1n) is 6.01. The van der Waals surface area contributed by atoms with Crippen LogP contribution in [0.4, 0.5) is 0 Å². The number of aromatic carboxylic acids is 1. The number of hydrogen-bond donors (Lipinski definition) is 3. The van der Waals surface area contributed by atoms with Gasteiger partial charge in [-0.15, -0.1) is 0 Å². The quantitative estimate of drug-likeness (QED) is 0.596. The highest BCUT2D eigenvalue weighted by molar-refractivity contribution is 5.90. The maximum atomic E-state index is 10.9. The first kappa shape index (κ1) is 15.0. The second-order valence-corrected chi connectivity index (χ2v) is 3.82. The van der Waals surface area contributed by atoms with Crippen LogP contribution >= 0.6 is 0 Å². The van der Waals surface area contributed by atoms with E-state index in [9.17, 15) is 9.59 Å². The highest BCUT2D eigenvalue weighted by Gasteiger charge is 2.09. The van der Waals surface area contributed by atoms with Crippen molar-refractivity contribution < 1.29 is 19.4 Å². The summed E-state index contributed by atoms with van der Waals surface area (Å²) >= 11 is 0. The van der Waals surface area contributed by atoms with Gasteiger partial charge in [0.05, 0.1) is 0 Å². The number of carbonyl (C=O) groups is 2. The minimum atomic E-state index is -1.01. The van der Waals surface area contributed by atoms with Crippen molar-refractivity contribution in [2.24, 2.45) is 0 Å². The van der Waals surface area contributed by atoms with E-state index in [0.717, 1.165) is 0 Å². The first-order chi connectivity index (χ1) is 9.15. The molecule has 0 aromatic heterocycles. The van der Waals surface area contributed by atoms with Crippen molar-refractivity contribution in [3.63, 3.8) is 0 Å². The van der Waals surface area contributed by atoms with E-state index in [0.29, 0.717) is 31.9 Å². The van der Waals surface area contributed by atoms with E-state index in [4.69, 9.17) is 9.84 Å². The van der Waals surface area contributed by atoms with E-state index < -0.39 is 5.97 Å². The Morgan fingerprint density at radius 1 is 1.26 bits per heavy atom. The second kappa shape index (κ2) is 8.10. The average Bonchev–Trinajstić information content (AvgIpc) is 2.42. The van der Waals surface area contributed by atoms with Crippen LogP contribution in [0.25, 0.3) is 0 Å². The van der Waals surface area contributed by atoms with Crippen LogP contribution in [0.3, 0.4) is 0 Å². The molecule has 1 amide bonds. The number of nitrogens with one attached hydrogen (secondary N) is 2. The Labute approximate surface area is 111 Å². The summed E-state index contributed by atoms with van der Waals surface area (Å²) in [6, 6.07) is 6.49. The number of carboxylic acids is 1. The van der Waals surface area contributed by atoms with Gasteiger partial charge < -0.3 is 20.5 Å². The lowest BCUT2D eigenvalue weighted by molar-refractivity contribution is -0.120. The normalized spacial score (nSPS) is 9.95. The molecule has 0 radical (unpaired) electrons. The topological polar surface area (TPSA) is 87.7 Å². The molecule has 0 atom stereocenters. The van der Waals surface area contributed by atoms with Gasteiger partial charge in [0.1, 0.15) is 17.9 Å². The predicted molar refractivity (Wildman–Crippen MR) is 70.4 cm³/mol. The summed E-state index contributed by atoms with van der Waals surface area (Å²) in [6.45, 7) is 1.45. The molecule has 0 saturated carbocycles. The zero-order valence-corrected chi connectivity index (χ0v) is 10.8. The van der Waals surface area contributed by atoms with Gasteiger partial charge >= 0.3 is 5.97 Å². The van der Waals surface area contributed by atoms with Gasteiger partial charge in [0.15, 0.2) is 0 Å². The van der Waals surface area contributed by atoms with Gasteiger partial charge in [0.25, 0.3) is 0 Å². The zero-order valence-electron chi connectivity index (χ0n) is 10.8. The Kier molecular flexibility index (Phi) is 6.38. The van der Waals surface area contributed by atoms with Crippen LogP contribution in [0.5, 0.6) is 5.75 Å². The van der Waals surface area contributed by atoms with Gasteiger partial charge in [-0.2, -0.15) is 0 Å². The molecule has 0 aliphatic heterocycles. The minimum Gasteiger partial charge on any atom is -0.491 e. The number of rotatable bonds is 8. The number of carboxylic acid groups (broad SMARTS) is 1. The van der Waals surface area contributed by atoms with E-state index in [1.165, 1.54) is 6.07 Å².